The molecule has 6 heteroatoms. The van der Waals surface area contributed by atoms with Crippen molar-refractivity contribution >= 4 is 16.6 Å². The number of aromatic nitrogens is 3. The number of benzene rings is 2. The Bertz CT molecular complexity index is 1170. The van der Waals surface area contributed by atoms with Gasteiger partial charge in [-0.15, -0.1) is 0 Å². The zero-order chi connectivity index (χ0) is 19.0. The molecule has 136 valence electrons. The fourth-order valence-electron chi connectivity index (χ4n) is 3.17. The molecule has 27 heavy (non-hydrogen) atoms. The number of hydrogen-bond donors (Lipinski definition) is 1. The number of nitrogens with one attached hydrogen (secondary N) is 1. The first kappa shape index (κ1) is 17.0. The van der Waals surface area contributed by atoms with Gasteiger partial charge in [-0.3, -0.25) is 4.79 Å². The predicted octanol–water partition coefficient (Wildman–Crippen LogP) is 3.82. The molecule has 1 N–H and O–H groups in total. The van der Waals surface area contributed by atoms with Gasteiger partial charge in [0.1, 0.15) is 5.69 Å². The van der Waals surface area contributed by atoms with Crippen LogP contribution in [0.3, 0.4) is 0 Å². The minimum absolute atomic E-state index is 0.0691. The Morgan fingerprint density at radius 1 is 1.07 bits per heavy atom. The molecule has 0 saturated carbocycles. The first-order valence-corrected chi connectivity index (χ1v) is 8.73. The van der Waals surface area contributed by atoms with E-state index < -0.39 is 0 Å². The van der Waals surface area contributed by atoms with Gasteiger partial charge >= 0.3 is 0 Å². The zero-order valence-corrected chi connectivity index (χ0v) is 15.5. The molecule has 0 aliphatic heterocycles. The van der Waals surface area contributed by atoms with Crippen LogP contribution in [-0.4, -0.2) is 14.7 Å². The van der Waals surface area contributed by atoms with Crippen molar-refractivity contribution in [3.63, 3.8) is 0 Å². The Balaban J connectivity index is 1.54. The Morgan fingerprint density at radius 3 is 2.63 bits per heavy atom. The van der Waals surface area contributed by atoms with Crippen molar-refractivity contribution in [1.29, 1.82) is 0 Å². The summed E-state index contributed by atoms with van der Waals surface area (Å²) in [6, 6.07) is 13.8. The van der Waals surface area contributed by atoms with Gasteiger partial charge in [-0.1, -0.05) is 22.3 Å². The molecule has 0 bridgehead atoms. The number of hydrogen-bond acceptors (Lipinski definition) is 5. The van der Waals surface area contributed by atoms with Gasteiger partial charge in [0.25, 0.3) is 5.56 Å². The average molecular weight is 360 g/mol. The number of nitrogens with zero attached hydrogens (tertiary/aromatic N) is 3. The lowest BCUT2D eigenvalue weighted by Gasteiger charge is -2.06. The molecule has 0 fully saturated rings. The van der Waals surface area contributed by atoms with Crippen LogP contribution in [0, 0.1) is 13.8 Å². The van der Waals surface area contributed by atoms with E-state index in [-0.39, 0.29) is 5.56 Å². The van der Waals surface area contributed by atoms with E-state index in [1.54, 1.807) is 7.05 Å². The van der Waals surface area contributed by atoms with E-state index in [4.69, 9.17) is 4.52 Å². The van der Waals surface area contributed by atoms with Crippen molar-refractivity contribution in [2.24, 2.45) is 7.05 Å². The predicted molar refractivity (Wildman–Crippen MR) is 106 cm³/mol. The van der Waals surface area contributed by atoms with E-state index in [1.807, 2.05) is 24.3 Å². The van der Waals surface area contributed by atoms with Gasteiger partial charge in [0.05, 0.1) is 23.8 Å². The van der Waals surface area contributed by atoms with Gasteiger partial charge in [0.2, 0.25) is 0 Å². The maximum atomic E-state index is 12.2. The summed E-state index contributed by atoms with van der Waals surface area (Å²) in [5.74, 6) is 0.725. The summed E-state index contributed by atoms with van der Waals surface area (Å²) in [6.07, 6.45) is 1.53. The Morgan fingerprint density at radius 2 is 1.85 bits per heavy atom. The molecule has 0 aliphatic rings. The summed E-state index contributed by atoms with van der Waals surface area (Å²) in [7, 11) is 1.69. The number of aryl methyl sites for hydroxylation is 3. The van der Waals surface area contributed by atoms with E-state index in [0.717, 1.165) is 22.7 Å². The molecule has 0 unspecified atom stereocenters. The zero-order valence-electron chi connectivity index (χ0n) is 15.5. The lowest BCUT2D eigenvalue weighted by Crippen LogP contribution is -2.17. The second-order valence-electron chi connectivity index (χ2n) is 6.80. The largest absolute Gasteiger partial charge is 0.378 e. The van der Waals surface area contributed by atoms with E-state index in [2.05, 4.69) is 47.5 Å². The number of rotatable bonds is 4. The van der Waals surface area contributed by atoms with Crippen LogP contribution in [0.4, 0.5) is 5.69 Å². The topological polar surface area (TPSA) is 73.0 Å². The van der Waals surface area contributed by atoms with Gasteiger partial charge in [-0.25, -0.2) is 4.98 Å². The minimum Gasteiger partial charge on any atom is -0.378 e. The summed E-state index contributed by atoms with van der Waals surface area (Å²) in [5, 5.41) is 8.04. The van der Waals surface area contributed by atoms with Crippen LogP contribution < -0.4 is 10.9 Å². The van der Waals surface area contributed by atoms with Crippen LogP contribution in [0.25, 0.3) is 22.2 Å². The summed E-state index contributed by atoms with van der Waals surface area (Å²) >= 11 is 0. The van der Waals surface area contributed by atoms with Gasteiger partial charge in [0.15, 0.2) is 5.76 Å². The van der Waals surface area contributed by atoms with Crippen LogP contribution in [0.15, 0.2) is 58.1 Å². The standard InChI is InChI=1S/C21H20N4O2/c1-13-6-14(2)8-15(7-13)20-10-17(27-24-20)11-22-16-4-5-19-18(9-16)21(26)25(3)12-23-19/h4-10,12,22H,11H2,1-3H3. The molecular weight excluding hydrogens is 340 g/mol. The van der Waals surface area contributed by atoms with Crippen LogP contribution >= 0.6 is 0 Å². The molecule has 2 heterocycles. The van der Waals surface area contributed by atoms with Crippen molar-refractivity contribution in [3.05, 3.63) is 76.0 Å². The highest BCUT2D eigenvalue weighted by molar-refractivity contribution is 5.81. The Hall–Kier alpha value is -3.41. The summed E-state index contributed by atoms with van der Waals surface area (Å²) in [4.78, 5) is 16.5. The van der Waals surface area contributed by atoms with Gasteiger partial charge in [0, 0.05) is 24.4 Å². The fourth-order valence-corrected chi connectivity index (χ4v) is 3.17. The Labute approximate surface area is 156 Å². The van der Waals surface area contributed by atoms with Crippen molar-refractivity contribution in [2.45, 2.75) is 20.4 Å². The molecule has 4 rings (SSSR count). The van der Waals surface area contributed by atoms with Crippen molar-refractivity contribution in [3.8, 4) is 11.3 Å². The van der Waals surface area contributed by atoms with Gasteiger partial charge in [-0.05, 0) is 44.2 Å². The smallest absolute Gasteiger partial charge is 0.260 e. The molecule has 0 amide bonds. The molecule has 0 aliphatic carbocycles. The van der Waals surface area contributed by atoms with E-state index >= 15 is 0 Å². The normalized spacial score (nSPS) is 11.1. The summed E-state index contributed by atoms with van der Waals surface area (Å²) < 4.78 is 6.93. The molecule has 0 spiro atoms. The third-order valence-corrected chi connectivity index (χ3v) is 4.46. The molecule has 0 atom stereocenters. The van der Waals surface area contributed by atoms with E-state index in [0.29, 0.717) is 17.4 Å². The molecule has 2 aromatic carbocycles. The van der Waals surface area contributed by atoms with Crippen LogP contribution in [0.1, 0.15) is 16.9 Å². The highest BCUT2D eigenvalue weighted by atomic mass is 16.5. The van der Waals surface area contributed by atoms with Crippen LogP contribution in [-0.2, 0) is 13.6 Å². The highest BCUT2D eigenvalue weighted by Gasteiger charge is 2.08. The number of fused-ring (bicyclic) bond motifs is 1. The van der Waals surface area contributed by atoms with Crippen molar-refractivity contribution in [2.75, 3.05) is 5.32 Å². The van der Waals surface area contributed by atoms with Gasteiger partial charge in [-0.2, -0.15) is 0 Å². The second kappa shape index (κ2) is 6.72. The van der Waals surface area contributed by atoms with E-state index in [1.165, 1.54) is 22.0 Å². The minimum atomic E-state index is -0.0691. The Kier molecular flexibility index (Phi) is 4.24. The van der Waals surface area contributed by atoms with Crippen LogP contribution in [0.2, 0.25) is 0 Å². The lowest BCUT2D eigenvalue weighted by molar-refractivity contribution is 0.390. The molecular formula is C21H20N4O2. The second-order valence-corrected chi connectivity index (χ2v) is 6.80. The van der Waals surface area contributed by atoms with Gasteiger partial charge < -0.3 is 14.4 Å². The third-order valence-electron chi connectivity index (χ3n) is 4.46. The third kappa shape index (κ3) is 3.46. The quantitative estimate of drug-likeness (QED) is 0.599. The number of anilines is 1. The van der Waals surface area contributed by atoms with Crippen molar-refractivity contribution < 1.29 is 4.52 Å². The van der Waals surface area contributed by atoms with E-state index in [9.17, 15) is 4.79 Å². The lowest BCUT2D eigenvalue weighted by atomic mass is 10.1. The molecule has 0 saturated heterocycles. The van der Waals surface area contributed by atoms with Crippen LogP contribution in [0.5, 0.6) is 0 Å². The maximum absolute atomic E-state index is 12.2. The average Bonchev–Trinajstić information content (AvgIpc) is 3.12. The fraction of sp³-hybridized carbons (Fsp3) is 0.190. The monoisotopic (exact) mass is 360 g/mol. The SMILES string of the molecule is Cc1cc(C)cc(-c2cc(CNc3ccc4ncn(C)c(=O)c4c3)on2)c1. The van der Waals surface area contributed by atoms with Crippen molar-refractivity contribution in [1.82, 2.24) is 14.7 Å². The highest BCUT2D eigenvalue weighted by Crippen LogP contribution is 2.23. The molecule has 2 aromatic heterocycles. The first-order valence-electron chi connectivity index (χ1n) is 8.73. The molecule has 4 aromatic rings. The molecule has 0 radical (unpaired) electrons. The maximum Gasteiger partial charge on any atom is 0.260 e. The first-order chi connectivity index (χ1) is 13.0. The molecule has 6 nitrogen and oxygen atoms in total. The summed E-state index contributed by atoms with van der Waals surface area (Å²) in [6.45, 7) is 4.61. The summed E-state index contributed by atoms with van der Waals surface area (Å²) in [5.41, 5.74) is 5.69.